The van der Waals surface area contributed by atoms with Crippen molar-refractivity contribution in [3.63, 3.8) is 0 Å². The van der Waals surface area contributed by atoms with Crippen LogP contribution in [0.25, 0.3) is 0 Å². The Morgan fingerprint density at radius 2 is 1.56 bits per heavy atom. The number of nitrogens with zero attached hydrogens (tertiary/aromatic N) is 1. The molecule has 138 valence electrons. The monoisotopic (exact) mass is 351 g/mol. The van der Waals surface area contributed by atoms with E-state index in [2.05, 4.69) is 50.2 Å². The summed E-state index contributed by atoms with van der Waals surface area (Å²) in [7, 11) is 4.22. The summed E-state index contributed by atoms with van der Waals surface area (Å²) in [5.74, 6) is -2.11. The summed E-state index contributed by atoms with van der Waals surface area (Å²) >= 11 is 0. The van der Waals surface area contributed by atoms with Crippen LogP contribution in [0.15, 0.2) is 36.4 Å². The number of benzene rings is 1. The van der Waals surface area contributed by atoms with Crippen LogP contribution in [0.4, 0.5) is 0 Å². The predicted octanol–water partition coefficient (Wildman–Crippen LogP) is 1.93. The fraction of sp³-hybridized carbons (Fsp3) is 0.444. The molecule has 1 heterocycles. The van der Waals surface area contributed by atoms with Gasteiger partial charge < -0.3 is 24.6 Å². The first-order valence-corrected chi connectivity index (χ1v) is 7.83. The minimum absolute atomic E-state index is 0.357. The standard InChI is InChI=1S/C14H21NO2.C4H4O4/c1-11-4-6-12(7-5-11)14(15(2)3)13-8-16-10-17-9-13;5-3(6)1-2-4(7)8/h4-7,13-14H,8-10H2,1-3H3;1-2H,(H,5,6)(H,7,8)/b;2-1-. The first-order chi connectivity index (χ1) is 11.8. The van der Waals surface area contributed by atoms with E-state index in [-0.39, 0.29) is 0 Å². The van der Waals surface area contributed by atoms with E-state index in [0.29, 0.717) is 30.9 Å². The number of hydrogen-bond donors (Lipinski definition) is 2. The smallest absolute Gasteiger partial charge is 0.328 e. The number of ether oxygens (including phenoxy) is 2. The Labute approximate surface area is 147 Å². The van der Waals surface area contributed by atoms with Crippen molar-refractivity contribution in [3.05, 3.63) is 47.5 Å². The molecule has 0 bridgehead atoms. The molecule has 7 heteroatoms. The van der Waals surface area contributed by atoms with Crippen molar-refractivity contribution in [1.82, 2.24) is 4.90 Å². The molecule has 1 aliphatic rings. The van der Waals surface area contributed by atoms with Crippen molar-refractivity contribution in [2.75, 3.05) is 34.1 Å². The Balaban J connectivity index is 0.000000333. The molecule has 1 saturated heterocycles. The van der Waals surface area contributed by atoms with Crippen LogP contribution in [0, 0.1) is 12.8 Å². The number of aliphatic carboxylic acids is 2. The molecule has 1 aromatic carbocycles. The molecular formula is C18H25NO6. The van der Waals surface area contributed by atoms with Crippen molar-refractivity contribution >= 4 is 11.9 Å². The molecule has 0 aromatic heterocycles. The van der Waals surface area contributed by atoms with Gasteiger partial charge in [-0.1, -0.05) is 29.8 Å². The molecule has 1 fully saturated rings. The zero-order chi connectivity index (χ0) is 18.8. The second-order valence-corrected chi connectivity index (χ2v) is 5.95. The second-order valence-electron chi connectivity index (χ2n) is 5.95. The lowest BCUT2D eigenvalue weighted by Crippen LogP contribution is -2.36. The van der Waals surface area contributed by atoms with Crippen molar-refractivity contribution in [2.45, 2.75) is 13.0 Å². The van der Waals surface area contributed by atoms with E-state index >= 15 is 0 Å². The van der Waals surface area contributed by atoms with Gasteiger partial charge in [-0.3, -0.25) is 0 Å². The highest BCUT2D eigenvalue weighted by Gasteiger charge is 2.27. The van der Waals surface area contributed by atoms with Crippen molar-refractivity contribution in [1.29, 1.82) is 0 Å². The van der Waals surface area contributed by atoms with Gasteiger partial charge in [-0.15, -0.1) is 0 Å². The average molecular weight is 351 g/mol. The highest BCUT2D eigenvalue weighted by molar-refractivity contribution is 5.89. The van der Waals surface area contributed by atoms with Crippen molar-refractivity contribution in [3.8, 4) is 0 Å². The van der Waals surface area contributed by atoms with E-state index in [1.165, 1.54) is 11.1 Å². The highest BCUT2D eigenvalue weighted by Crippen LogP contribution is 2.29. The van der Waals surface area contributed by atoms with E-state index < -0.39 is 11.9 Å². The molecule has 0 aliphatic carbocycles. The number of rotatable bonds is 5. The molecule has 2 rings (SSSR count). The molecule has 0 spiro atoms. The minimum Gasteiger partial charge on any atom is -0.478 e. The molecule has 1 unspecified atom stereocenters. The summed E-state index contributed by atoms with van der Waals surface area (Å²) in [4.78, 5) is 21.4. The topological polar surface area (TPSA) is 96.3 Å². The fourth-order valence-corrected chi connectivity index (χ4v) is 2.59. The number of carboxylic acid groups (broad SMARTS) is 2. The van der Waals surface area contributed by atoms with Crippen LogP contribution in [0.2, 0.25) is 0 Å². The van der Waals surface area contributed by atoms with Crippen LogP contribution in [-0.4, -0.2) is 61.2 Å². The van der Waals surface area contributed by atoms with Crippen LogP contribution in [0.3, 0.4) is 0 Å². The number of aryl methyl sites for hydroxylation is 1. The van der Waals surface area contributed by atoms with E-state index in [1.54, 1.807) is 0 Å². The maximum Gasteiger partial charge on any atom is 0.328 e. The third-order valence-corrected chi connectivity index (χ3v) is 3.62. The average Bonchev–Trinajstić information content (AvgIpc) is 2.56. The summed E-state index contributed by atoms with van der Waals surface area (Å²) in [5, 5.41) is 15.6. The van der Waals surface area contributed by atoms with Crippen molar-refractivity contribution < 1.29 is 29.3 Å². The molecule has 7 nitrogen and oxygen atoms in total. The van der Waals surface area contributed by atoms with Crippen LogP contribution in [0.5, 0.6) is 0 Å². The van der Waals surface area contributed by atoms with E-state index in [1.807, 2.05) is 0 Å². The molecular weight excluding hydrogens is 326 g/mol. The third kappa shape index (κ3) is 7.93. The van der Waals surface area contributed by atoms with Gasteiger partial charge in [-0.05, 0) is 26.6 Å². The molecule has 0 saturated carbocycles. The summed E-state index contributed by atoms with van der Waals surface area (Å²) < 4.78 is 10.8. The van der Waals surface area contributed by atoms with Crippen LogP contribution >= 0.6 is 0 Å². The number of carbonyl (C=O) groups is 2. The predicted molar refractivity (Wildman–Crippen MR) is 92.3 cm³/mol. The Morgan fingerprint density at radius 3 is 1.96 bits per heavy atom. The largest absolute Gasteiger partial charge is 0.478 e. The molecule has 25 heavy (non-hydrogen) atoms. The zero-order valence-electron chi connectivity index (χ0n) is 14.7. The van der Waals surface area contributed by atoms with Gasteiger partial charge in [0.2, 0.25) is 0 Å². The molecule has 0 radical (unpaired) electrons. The summed E-state index contributed by atoms with van der Waals surface area (Å²) in [5.41, 5.74) is 2.63. The SMILES string of the molecule is Cc1ccc(C(C2COCOC2)N(C)C)cc1.O=C(O)/C=C\C(=O)O. The Kier molecular flexibility index (Phi) is 8.83. The normalized spacial score (nSPS) is 16.3. The van der Waals surface area contributed by atoms with Gasteiger partial charge in [0.1, 0.15) is 6.79 Å². The van der Waals surface area contributed by atoms with Gasteiger partial charge in [-0.25, -0.2) is 9.59 Å². The number of hydrogen-bond acceptors (Lipinski definition) is 5. The first-order valence-electron chi connectivity index (χ1n) is 7.83. The lowest BCUT2D eigenvalue weighted by Gasteiger charge is -2.34. The van der Waals surface area contributed by atoms with Gasteiger partial charge in [0, 0.05) is 24.1 Å². The van der Waals surface area contributed by atoms with Crippen LogP contribution < -0.4 is 0 Å². The fourth-order valence-electron chi connectivity index (χ4n) is 2.59. The molecule has 1 atom stereocenters. The van der Waals surface area contributed by atoms with Gasteiger partial charge in [0.15, 0.2) is 0 Å². The maximum absolute atomic E-state index is 9.55. The van der Waals surface area contributed by atoms with Crippen LogP contribution in [-0.2, 0) is 19.1 Å². The van der Waals surface area contributed by atoms with E-state index in [4.69, 9.17) is 19.7 Å². The van der Waals surface area contributed by atoms with Gasteiger partial charge in [-0.2, -0.15) is 0 Å². The minimum atomic E-state index is -1.26. The lowest BCUT2D eigenvalue weighted by atomic mass is 9.92. The molecule has 0 amide bonds. The van der Waals surface area contributed by atoms with E-state index in [0.717, 1.165) is 13.2 Å². The van der Waals surface area contributed by atoms with E-state index in [9.17, 15) is 9.59 Å². The van der Waals surface area contributed by atoms with Gasteiger partial charge in [0.25, 0.3) is 0 Å². The quantitative estimate of drug-likeness (QED) is 0.783. The third-order valence-electron chi connectivity index (χ3n) is 3.62. The Morgan fingerprint density at radius 1 is 1.08 bits per heavy atom. The summed E-state index contributed by atoms with van der Waals surface area (Å²) in [6.07, 6.45) is 1.12. The van der Waals surface area contributed by atoms with Gasteiger partial charge >= 0.3 is 11.9 Å². The van der Waals surface area contributed by atoms with Gasteiger partial charge in [0.05, 0.1) is 13.2 Å². The molecule has 1 aliphatic heterocycles. The molecule has 2 N–H and O–H groups in total. The lowest BCUT2D eigenvalue weighted by molar-refractivity contribution is -0.139. The molecule has 1 aromatic rings. The summed E-state index contributed by atoms with van der Waals surface area (Å²) in [6.45, 7) is 4.10. The van der Waals surface area contributed by atoms with Crippen LogP contribution in [0.1, 0.15) is 17.2 Å². The summed E-state index contributed by atoms with van der Waals surface area (Å²) in [6, 6.07) is 9.09. The first kappa shape index (κ1) is 20.8. The Bertz CT molecular complexity index is 560. The Hall–Kier alpha value is -2.22. The maximum atomic E-state index is 9.55. The zero-order valence-corrected chi connectivity index (χ0v) is 14.7. The second kappa shape index (κ2) is 10.6. The number of carboxylic acids is 2. The van der Waals surface area contributed by atoms with Crippen molar-refractivity contribution in [2.24, 2.45) is 5.92 Å². The highest BCUT2D eigenvalue weighted by atomic mass is 16.7.